The van der Waals surface area contributed by atoms with Crippen LogP contribution in [-0.4, -0.2) is 19.8 Å². The van der Waals surface area contributed by atoms with E-state index in [0.29, 0.717) is 12.3 Å². The highest BCUT2D eigenvalue weighted by atomic mass is 19.1. The molecular formula is C11H17FN2O. The first-order valence-electron chi connectivity index (χ1n) is 4.97. The maximum atomic E-state index is 12.8. The SMILES string of the molecule is CCC(COC)Nc1ccc(F)cc1N. The Morgan fingerprint density at radius 3 is 2.80 bits per heavy atom. The molecule has 0 spiro atoms. The van der Waals surface area contributed by atoms with E-state index in [1.54, 1.807) is 13.2 Å². The summed E-state index contributed by atoms with van der Waals surface area (Å²) < 4.78 is 17.8. The van der Waals surface area contributed by atoms with Crippen molar-refractivity contribution in [2.45, 2.75) is 19.4 Å². The smallest absolute Gasteiger partial charge is 0.125 e. The fraction of sp³-hybridized carbons (Fsp3) is 0.455. The average molecular weight is 212 g/mol. The minimum Gasteiger partial charge on any atom is -0.397 e. The molecule has 0 heterocycles. The molecule has 0 aromatic heterocycles. The van der Waals surface area contributed by atoms with Crippen molar-refractivity contribution < 1.29 is 9.13 Å². The summed E-state index contributed by atoms with van der Waals surface area (Å²) in [6.45, 7) is 2.66. The van der Waals surface area contributed by atoms with Gasteiger partial charge in [-0.3, -0.25) is 0 Å². The van der Waals surface area contributed by atoms with E-state index in [1.807, 2.05) is 0 Å². The number of hydrogen-bond acceptors (Lipinski definition) is 3. The van der Waals surface area contributed by atoms with Crippen LogP contribution in [0.2, 0.25) is 0 Å². The Kier molecular flexibility index (Phi) is 4.37. The van der Waals surface area contributed by atoms with Crippen molar-refractivity contribution in [1.29, 1.82) is 0 Å². The molecule has 3 nitrogen and oxygen atoms in total. The molecular weight excluding hydrogens is 195 g/mol. The Morgan fingerprint density at radius 1 is 1.53 bits per heavy atom. The molecule has 0 aliphatic carbocycles. The lowest BCUT2D eigenvalue weighted by Gasteiger charge is -2.18. The highest BCUT2D eigenvalue weighted by Gasteiger charge is 2.07. The second kappa shape index (κ2) is 5.56. The van der Waals surface area contributed by atoms with E-state index < -0.39 is 0 Å². The molecule has 1 unspecified atom stereocenters. The maximum Gasteiger partial charge on any atom is 0.125 e. The van der Waals surface area contributed by atoms with E-state index in [2.05, 4.69) is 12.2 Å². The number of rotatable bonds is 5. The number of halogens is 1. The number of nitrogens with one attached hydrogen (secondary N) is 1. The Labute approximate surface area is 89.4 Å². The van der Waals surface area contributed by atoms with Crippen LogP contribution in [0.15, 0.2) is 18.2 Å². The van der Waals surface area contributed by atoms with Crippen molar-refractivity contribution >= 4 is 11.4 Å². The van der Waals surface area contributed by atoms with Crippen LogP contribution in [-0.2, 0) is 4.74 Å². The zero-order valence-electron chi connectivity index (χ0n) is 9.09. The van der Waals surface area contributed by atoms with Crippen LogP contribution < -0.4 is 11.1 Å². The summed E-state index contributed by atoms with van der Waals surface area (Å²) in [4.78, 5) is 0. The number of ether oxygens (including phenoxy) is 1. The molecule has 0 bridgehead atoms. The second-order valence-corrected chi connectivity index (χ2v) is 3.44. The number of methoxy groups -OCH3 is 1. The van der Waals surface area contributed by atoms with Gasteiger partial charge in [-0.25, -0.2) is 4.39 Å². The third kappa shape index (κ3) is 3.40. The lowest BCUT2D eigenvalue weighted by Crippen LogP contribution is -2.24. The molecule has 0 amide bonds. The molecule has 0 saturated heterocycles. The van der Waals surface area contributed by atoms with Crippen molar-refractivity contribution in [2.75, 3.05) is 24.8 Å². The average Bonchev–Trinajstić information content (AvgIpc) is 2.21. The van der Waals surface area contributed by atoms with Gasteiger partial charge in [-0.2, -0.15) is 0 Å². The molecule has 0 aliphatic rings. The van der Waals surface area contributed by atoms with Gasteiger partial charge in [-0.05, 0) is 24.6 Å². The van der Waals surface area contributed by atoms with Gasteiger partial charge in [-0.1, -0.05) is 6.92 Å². The number of nitrogens with two attached hydrogens (primary N) is 1. The third-order valence-corrected chi connectivity index (χ3v) is 2.23. The van der Waals surface area contributed by atoms with Gasteiger partial charge in [0.15, 0.2) is 0 Å². The Bertz CT molecular complexity index is 317. The fourth-order valence-electron chi connectivity index (χ4n) is 1.35. The van der Waals surface area contributed by atoms with Gasteiger partial charge in [0.05, 0.1) is 18.0 Å². The van der Waals surface area contributed by atoms with Gasteiger partial charge in [0, 0.05) is 13.2 Å². The summed E-state index contributed by atoms with van der Waals surface area (Å²) >= 11 is 0. The van der Waals surface area contributed by atoms with Crippen LogP contribution in [0.5, 0.6) is 0 Å². The molecule has 0 fully saturated rings. The van der Waals surface area contributed by atoms with Gasteiger partial charge >= 0.3 is 0 Å². The topological polar surface area (TPSA) is 47.3 Å². The summed E-state index contributed by atoms with van der Waals surface area (Å²) in [5.74, 6) is -0.321. The largest absolute Gasteiger partial charge is 0.397 e. The van der Waals surface area contributed by atoms with Crippen molar-refractivity contribution in [3.8, 4) is 0 Å². The molecule has 1 rings (SSSR count). The molecule has 4 heteroatoms. The van der Waals surface area contributed by atoms with Crippen LogP contribution in [0, 0.1) is 5.82 Å². The van der Waals surface area contributed by atoms with Crippen molar-refractivity contribution in [3.05, 3.63) is 24.0 Å². The number of hydrogen-bond donors (Lipinski definition) is 2. The molecule has 0 saturated carbocycles. The van der Waals surface area contributed by atoms with Gasteiger partial charge in [0.25, 0.3) is 0 Å². The van der Waals surface area contributed by atoms with Gasteiger partial charge < -0.3 is 15.8 Å². The van der Waals surface area contributed by atoms with Crippen LogP contribution in [0.3, 0.4) is 0 Å². The van der Waals surface area contributed by atoms with E-state index in [-0.39, 0.29) is 11.9 Å². The maximum absolute atomic E-state index is 12.8. The zero-order chi connectivity index (χ0) is 11.3. The first kappa shape index (κ1) is 11.8. The van der Waals surface area contributed by atoms with Gasteiger partial charge in [0.1, 0.15) is 5.82 Å². The molecule has 1 atom stereocenters. The summed E-state index contributed by atoms with van der Waals surface area (Å²) in [5.41, 5.74) is 6.85. The quantitative estimate of drug-likeness (QED) is 0.736. The Morgan fingerprint density at radius 2 is 2.27 bits per heavy atom. The predicted octanol–water partition coefficient (Wildman–Crippen LogP) is 2.24. The van der Waals surface area contributed by atoms with E-state index in [1.165, 1.54) is 12.1 Å². The minimum absolute atomic E-state index is 0.197. The van der Waals surface area contributed by atoms with E-state index in [0.717, 1.165) is 12.1 Å². The van der Waals surface area contributed by atoms with E-state index in [4.69, 9.17) is 10.5 Å². The fourth-order valence-corrected chi connectivity index (χ4v) is 1.35. The monoisotopic (exact) mass is 212 g/mol. The standard InChI is InChI=1S/C11H17FN2O/c1-3-9(7-15-2)14-11-5-4-8(12)6-10(11)13/h4-6,9,14H,3,7,13H2,1-2H3. The highest BCUT2D eigenvalue weighted by Crippen LogP contribution is 2.20. The first-order chi connectivity index (χ1) is 7.17. The minimum atomic E-state index is -0.321. The normalized spacial score (nSPS) is 12.5. The summed E-state index contributed by atoms with van der Waals surface area (Å²) in [6, 6.07) is 4.53. The van der Waals surface area contributed by atoms with Crippen LogP contribution in [0.25, 0.3) is 0 Å². The van der Waals surface area contributed by atoms with Crippen LogP contribution in [0.4, 0.5) is 15.8 Å². The molecule has 0 aliphatic heterocycles. The summed E-state index contributed by atoms with van der Waals surface area (Å²) in [5, 5.41) is 3.21. The number of anilines is 2. The van der Waals surface area contributed by atoms with Crippen LogP contribution in [0.1, 0.15) is 13.3 Å². The molecule has 1 aromatic rings. The van der Waals surface area contributed by atoms with Crippen molar-refractivity contribution in [2.24, 2.45) is 0 Å². The zero-order valence-corrected chi connectivity index (χ0v) is 9.09. The molecule has 0 radical (unpaired) electrons. The first-order valence-corrected chi connectivity index (χ1v) is 4.97. The summed E-state index contributed by atoms with van der Waals surface area (Å²) in [7, 11) is 1.65. The van der Waals surface area contributed by atoms with Gasteiger partial charge in [0.2, 0.25) is 0 Å². The second-order valence-electron chi connectivity index (χ2n) is 3.44. The number of benzene rings is 1. The predicted molar refractivity (Wildman–Crippen MR) is 60.4 cm³/mol. The van der Waals surface area contributed by atoms with Crippen LogP contribution >= 0.6 is 0 Å². The highest BCUT2D eigenvalue weighted by molar-refractivity contribution is 5.66. The molecule has 15 heavy (non-hydrogen) atoms. The molecule has 3 N–H and O–H groups in total. The van der Waals surface area contributed by atoms with Gasteiger partial charge in [-0.15, -0.1) is 0 Å². The Balaban J connectivity index is 2.70. The van der Waals surface area contributed by atoms with Crippen molar-refractivity contribution in [1.82, 2.24) is 0 Å². The third-order valence-electron chi connectivity index (χ3n) is 2.23. The molecule has 1 aromatic carbocycles. The molecule has 84 valence electrons. The lowest BCUT2D eigenvalue weighted by molar-refractivity contribution is 0.184. The lowest BCUT2D eigenvalue weighted by atomic mass is 10.2. The number of nitrogen functional groups attached to an aromatic ring is 1. The van der Waals surface area contributed by atoms with E-state index >= 15 is 0 Å². The Hall–Kier alpha value is -1.29. The van der Waals surface area contributed by atoms with Crippen molar-refractivity contribution in [3.63, 3.8) is 0 Å². The summed E-state index contributed by atoms with van der Waals surface area (Å²) in [6.07, 6.45) is 0.921. The van der Waals surface area contributed by atoms with E-state index in [9.17, 15) is 4.39 Å².